The van der Waals surface area contributed by atoms with Crippen LogP contribution in [0.1, 0.15) is 25.5 Å². The molecule has 3 heterocycles. The van der Waals surface area contributed by atoms with Gasteiger partial charge in [0.2, 0.25) is 6.79 Å². The van der Waals surface area contributed by atoms with Crippen LogP contribution in [-0.2, 0) is 4.79 Å². The predicted octanol–water partition coefficient (Wildman–Crippen LogP) is 3.81. The number of amides is 1. The molecule has 7 nitrogen and oxygen atoms in total. The maximum atomic E-state index is 13.9. The minimum Gasteiger partial charge on any atom is -0.497 e. The van der Waals surface area contributed by atoms with E-state index in [9.17, 15) is 4.79 Å². The lowest BCUT2D eigenvalue weighted by molar-refractivity contribution is -0.116. The summed E-state index contributed by atoms with van der Waals surface area (Å²) in [5, 5.41) is 0. The third-order valence-electron chi connectivity index (χ3n) is 6.19. The molecule has 166 valence electrons. The van der Waals surface area contributed by atoms with Gasteiger partial charge in [-0.1, -0.05) is 19.9 Å². The van der Waals surface area contributed by atoms with Crippen molar-refractivity contribution in [2.45, 2.75) is 19.9 Å². The summed E-state index contributed by atoms with van der Waals surface area (Å²) in [6.45, 7) is 5.84. The largest absolute Gasteiger partial charge is 0.497 e. The highest BCUT2D eigenvalue weighted by Gasteiger charge is 2.45. The van der Waals surface area contributed by atoms with Crippen molar-refractivity contribution in [2.75, 3.05) is 38.9 Å². The minimum absolute atomic E-state index is 0.0226. The average Bonchev–Trinajstić information content (AvgIpc) is 3.32. The first-order valence-electron chi connectivity index (χ1n) is 10.9. The summed E-state index contributed by atoms with van der Waals surface area (Å²) in [6, 6.07) is 13.2. The quantitative estimate of drug-likeness (QED) is 0.734. The van der Waals surface area contributed by atoms with Gasteiger partial charge in [0.05, 0.1) is 19.7 Å². The van der Waals surface area contributed by atoms with E-state index in [0.717, 1.165) is 34.0 Å². The Bertz CT molecular complexity index is 1120. The number of likely N-dealkylation sites (N-methyl/N-ethyl adjacent to an activating group) is 1. The van der Waals surface area contributed by atoms with Crippen molar-refractivity contribution in [3.05, 3.63) is 59.3 Å². The fraction of sp³-hybridized carbons (Fsp3) is 0.360. The summed E-state index contributed by atoms with van der Waals surface area (Å²) in [4.78, 5) is 22.7. The number of hydrogen-bond donors (Lipinski definition) is 0. The zero-order valence-electron chi connectivity index (χ0n) is 18.8. The summed E-state index contributed by atoms with van der Waals surface area (Å²) in [6.07, 6.45) is 0. The molecule has 0 aliphatic carbocycles. The molecule has 1 atom stereocenters. The van der Waals surface area contributed by atoms with E-state index >= 15 is 0 Å². The molecule has 3 aliphatic heterocycles. The molecular weight excluding hydrogens is 406 g/mol. The van der Waals surface area contributed by atoms with E-state index in [1.807, 2.05) is 59.3 Å². The van der Waals surface area contributed by atoms with E-state index in [2.05, 4.69) is 13.8 Å². The van der Waals surface area contributed by atoms with Crippen LogP contribution >= 0.6 is 0 Å². The number of nitrogens with zero attached hydrogens (tertiary/aromatic N) is 3. The van der Waals surface area contributed by atoms with Gasteiger partial charge in [-0.3, -0.25) is 14.7 Å². The van der Waals surface area contributed by atoms with Crippen molar-refractivity contribution in [3.8, 4) is 17.2 Å². The lowest BCUT2D eigenvalue weighted by atomic mass is 9.89. The third-order valence-corrected chi connectivity index (χ3v) is 6.19. The van der Waals surface area contributed by atoms with Gasteiger partial charge >= 0.3 is 0 Å². The van der Waals surface area contributed by atoms with Gasteiger partial charge in [-0.05, 0) is 47.9 Å². The normalized spacial score (nSPS) is 20.0. The van der Waals surface area contributed by atoms with Gasteiger partial charge in [-0.15, -0.1) is 0 Å². The second-order valence-corrected chi connectivity index (χ2v) is 8.49. The van der Waals surface area contributed by atoms with Crippen molar-refractivity contribution in [3.63, 3.8) is 0 Å². The Hall–Kier alpha value is -3.48. The number of ether oxygens (including phenoxy) is 3. The summed E-state index contributed by atoms with van der Waals surface area (Å²) >= 11 is 0. The first-order chi connectivity index (χ1) is 15.5. The highest BCUT2D eigenvalue weighted by molar-refractivity contribution is 6.19. The standard InChI is InChI=1S/C25H27N3O4/c1-15(2)22-21-23(16-5-10-19-20(13-16)32-14-31-19)28(17-6-8-18(30-4)9-7-17)25(29)24(21)27(3)12-11-26-22/h5-10,13,15,23H,11-12,14H2,1-4H3. The predicted molar refractivity (Wildman–Crippen MR) is 123 cm³/mol. The van der Waals surface area contributed by atoms with Gasteiger partial charge in [-0.25, -0.2) is 0 Å². The Morgan fingerprint density at radius 3 is 2.56 bits per heavy atom. The molecule has 7 heteroatoms. The number of anilines is 1. The van der Waals surface area contributed by atoms with Gasteiger partial charge in [0, 0.05) is 30.6 Å². The van der Waals surface area contributed by atoms with Gasteiger partial charge in [0.15, 0.2) is 11.5 Å². The third kappa shape index (κ3) is 3.20. The molecule has 0 saturated heterocycles. The van der Waals surface area contributed by atoms with E-state index in [-0.39, 0.29) is 24.7 Å². The molecule has 0 fully saturated rings. The number of carbonyl (C=O) groups excluding carboxylic acids is 1. The molecule has 32 heavy (non-hydrogen) atoms. The summed E-state index contributed by atoms with van der Waals surface area (Å²) in [7, 11) is 3.61. The average molecular weight is 434 g/mol. The van der Waals surface area contributed by atoms with Crippen LogP contribution < -0.4 is 19.1 Å². The van der Waals surface area contributed by atoms with Crippen LogP contribution in [0.2, 0.25) is 0 Å². The lowest BCUT2D eigenvalue weighted by Gasteiger charge is -2.29. The molecule has 1 amide bonds. The Morgan fingerprint density at radius 2 is 1.84 bits per heavy atom. The molecule has 0 spiro atoms. The second-order valence-electron chi connectivity index (χ2n) is 8.49. The Kier molecular flexibility index (Phi) is 5.04. The van der Waals surface area contributed by atoms with E-state index < -0.39 is 0 Å². The summed E-state index contributed by atoms with van der Waals surface area (Å²) in [5.74, 6) is 2.33. The first-order valence-corrected chi connectivity index (χ1v) is 10.9. The van der Waals surface area contributed by atoms with Crippen molar-refractivity contribution in [2.24, 2.45) is 10.9 Å². The van der Waals surface area contributed by atoms with Crippen molar-refractivity contribution in [1.29, 1.82) is 0 Å². The number of methoxy groups -OCH3 is 1. The molecule has 0 saturated carbocycles. The maximum absolute atomic E-state index is 13.9. The van der Waals surface area contributed by atoms with E-state index in [4.69, 9.17) is 19.2 Å². The smallest absolute Gasteiger partial charge is 0.275 e. The van der Waals surface area contributed by atoms with Crippen molar-refractivity contribution >= 4 is 17.3 Å². The van der Waals surface area contributed by atoms with Crippen LogP contribution in [0.3, 0.4) is 0 Å². The number of rotatable bonds is 4. The van der Waals surface area contributed by atoms with Crippen LogP contribution in [0.15, 0.2) is 58.7 Å². The molecule has 0 bridgehead atoms. The molecule has 1 unspecified atom stereocenters. The first kappa shape index (κ1) is 20.4. The van der Waals surface area contributed by atoms with Crippen LogP contribution in [0, 0.1) is 5.92 Å². The van der Waals surface area contributed by atoms with Crippen molar-refractivity contribution < 1.29 is 19.0 Å². The van der Waals surface area contributed by atoms with E-state index in [0.29, 0.717) is 24.5 Å². The SMILES string of the molecule is COc1ccc(N2C(=O)C3=C(C(C(C)C)=NCCN3C)C2c2ccc3c(c2)OCO3)cc1. The van der Waals surface area contributed by atoms with Gasteiger partial charge < -0.3 is 19.1 Å². The Balaban J connectivity index is 1.71. The molecule has 5 rings (SSSR count). The lowest BCUT2D eigenvalue weighted by Crippen LogP contribution is -2.34. The van der Waals surface area contributed by atoms with Gasteiger partial charge in [-0.2, -0.15) is 0 Å². The number of aliphatic imine (C=N–C) groups is 1. The molecule has 2 aromatic rings. The monoisotopic (exact) mass is 433 g/mol. The number of carbonyl (C=O) groups is 1. The van der Waals surface area contributed by atoms with Crippen molar-refractivity contribution in [1.82, 2.24) is 4.90 Å². The number of hydrogen-bond acceptors (Lipinski definition) is 6. The minimum atomic E-state index is -0.318. The highest BCUT2D eigenvalue weighted by atomic mass is 16.7. The fourth-order valence-corrected chi connectivity index (χ4v) is 4.65. The van der Waals surface area contributed by atoms with Crippen LogP contribution in [0.4, 0.5) is 5.69 Å². The van der Waals surface area contributed by atoms with Crippen LogP contribution in [-0.4, -0.2) is 50.6 Å². The second kappa shape index (κ2) is 7.89. The zero-order chi connectivity index (χ0) is 22.4. The zero-order valence-corrected chi connectivity index (χ0v) is 18.8. The molecule has 2 aromatic carbocycles. The van der Waals surface area contributed by atoms with Crippen LogP contribution in [0.25, 0.3) is 0 Å². The Morgan fingerprint density at radius 1 is 1.09 bits per heavy atom. The summed E-state index contributed by atoms with van der Waals surface area (Å²) in [5.41, 5.74) is 4.44. The topological polar surface area (TPSA) is 63.6 Å². The highest BCUT2D eigenvalue weighted by Crippen LogP contribution is 2.46. The van der Waals surface area contributed by atoms with E-state index in [1.165, 1.54) is 0 Å². The van der Waals surface area contributed by atoms with Gasteiger partial charge in [0.25, 0.3) is 5.91 Å². The van der Waals surface area contributed by atoms with Crippen LogP contribution in [0.5, 0.6) is 17.2 Å². The summed E-state index contributed by atoms with van der Waals surface area (Å²) < 4.78 is 16.5. The fourth-order valence-electron chi connectivity index (χ4n) is 4.65. The molecule has 0 N–H and O–H groups in total. The maximum Gasteiger partial charge on any atom is 0.275 e. The Labute approximate surface area is 187 Å². The van der Waals surface area contributed by atoms with E-state index in [1.54, 1.807) is 7.11 Å². The molecular formula is C25H27N3O4. The molecule has 0 radical (unpaired) electrons. The number of fused-ring (bicyclic) bond motifs is 1. The molecule has 3 aliphatic rings. The van der Waals surface area contributed by atoms with Gasteiger partial charge in [0.1, 0.15) is 11.4 Å². The molecule has 0 aromatic heterocycles. The number of benzene rings is 2.